The van der Waals surface area contributed by atoms with Crippen molar-refractivity contribution in [3.8, 4) is 0 Å². The molecular weight excluding hydrogens is 154 g/mol. The van der Waals surface area contributed by atoms with E-state index in [9.17, 15) is 4.79 Å². The molecule has 0 radical (unpaired) electrons. The second-order valence-corrected chi connectivity index (χ2v) is 2.49. The molecule has 0 saturated carbocycles. The lowest BCUT2D eigenvalue weighted by Gasteiger charge is -2.05. The van der Waals surface area contributed by atoms with Crippen molar-refractivity contribution >= 4 is 5.95 Å². The van der Waals surface area contributed by atoms with Gasteiger partial charge in [-0.2, -0.15) is 0 Å². The molecule has 4 nitrogen and oxygen atoms in total. The molecule has 0 amide bonds. The van der Waals surface area contributed by atoms with Gasteiger partial charge in [0.15, 0.2) is 0 Å². The number of nitrogens with two attached hydrogens (primary N) is 1. The number of hydrogen-bond acceptors (Lipinski definition) is 3. The van der Waals surface area contributed by atoms with Crippen molar-refractivity contribution in [1.82, 2.24) is 9.55 Å². The van der Waals surface area contributed by atoms with Crippen molar-refractivity contribution in [3.63, 3.8) is 0 Å². The van der Waals surface area contributed by atoms with Gasteiger partial charge in [0.1, 0.15) is 0 Å². The molecule has 1 aromatic heterocycles. The van der Waals surface area contributed by atoms with E-state index in [1.807, 2.05) is 0 Å². The zero-order valence-corrected chi connectivity index (χ0v) is 6.95. The molecule has 0 aromatic carbocycles. The smallest absolute Gasteiger partial charge is 0.255 e. The molecule has 0 aliphatic carbocycles. The summed E-state index contributed by atoms with van der Waals surface area (Å²) in [4.78, 5) is 15.2. The maximum absolute atomic E-state index is 11.2. The van der Waals surface area contributed by atoms with E-state index in [2.05, 4.69) is 11.6 Å². The average molecular weight is 165 g/mol. The molecule has 0 aliphatic rings. The highest BCUT2D eigenvalue weighted by molar-refractivity contribution is 5.20. The van der Waals surface area contributed by atoms with Crippen LogP contribution >= 0.6 is 0 Å². The highest BCUT2D eigenvalue weighted by Gasteiger charge is 2.00. The molecule has 64 valence electrons. The molecule has 0 bridgehead atoms. The zero-order valence-electron chi connectivity index (χ0n) is 6.95. The Hall–Kier alpha value is -1.58. The monoisotopic (exact) mass is 165 g/mol. The largest absolute Gasteiger partial charge is 0.369 e. The zero-order chi connectivity index (χ0) is 9.14. The minimum Gasteiger partial charge on any atom is -0.369 e. The Bertz CT molecular complexity index is 354. The number of aryl methyl sites for hydroxylation is 1. The lowest BCUT2D eigenvalue weighted by atomic mass is 10.4. The summed E-state index contributed by atoms with van der Waals surface area (Å²) in [6.45, 7) is 5.65. The van der Waals surface area contributed by atoms with Crippen molar-refractivity contribution < 1.29 is 0 Å². The third-order valence-electron chi connectivity index (χ3n) is 1.48. The Kier molecular flexibility index (Phi) is 2.28. The first-order chi connectivity index (χ1) is 5.65. The molecule has 1 aromatic rings. The van der Waals surface area contributed by atoms with E-state index in [1.165, 1.54) is 10.6 Å². The standard InChI is InChI=1S/C8H11N3O/c1-3-4-11-7(12)5-6(2)10-8(11)9/h3,5H,1,4H2,2H3,(H2,9,10). The van der Waals surface area contributed by atoms with Gasteiger partial charge in [0.05, 0.1) is 0 Å². The van der Waals surface area contributed by atoms with E-state index >= 15 is 0 Å². The van der Waals surface area contributed by atoms with Crippen LogP contribution in [0.2, 0.25) is 0 Å². The van der Waals surface area contributed by atoms with Crippen molar-refractivity contribution in [2.24, 2.45) is 0 Å². The van der Waals surface area contributed by atoms with Crippen LogP contribution in [0.5, 0.6) is 0 Å². The normalized spacial score (nSPS) is 9.75. The second kappa shape index (κ2) is 3.21. The summed E-state index contributed by atoms with van der Waals surface area (Å²) in [6.07, 6.45) is 1.61. The third kappa shape index (κ3) is 1.53. The highest BCUT2D eigenvalue weighted by Crippen LogP contribution is 1.95. The van der Waals surface area contributed by atoms with E-state index in [0.717, 1.165) is 0 Å². The van der Waals surface area contributed by atoms with Crippen molar-refractivity contribution in [2.75, 3.05) is 5.73 Å². The fourth-order valence-electron chi connectivity index (χ4n) is 0.955. The van der Waals surface area contributed by atoms with Crippen LogP contribution in [0.25, 0.3) is 0 Å². The first kappa shape index (κ1) is 8.52. The predicted octanol–water partition coefficient (Wildman–Crippen LogP) is 0.320. The molecule has 0 unspecified atom stereocenters. The number of aromatic nitrogens is 2. The molecular formula is C8H11N3O. The molecule has 1 heterocycles. The van der Waals surface area contributed by atoms with Crippen LogP contribution in [-0.4, -0.2) is 9.55 Å². The third-order valence-corrected chi connectivity index (χ3v) is 1.48. The highest BCUT2D eigenvalue weighted by atomic mass is 16.1. The average Bonchev–Trinajstić information content (AvgIpc) is 1.96. The summed E-state index contributed by atoms with van der Waals surface area (Å²) < 4.78 is 1.36. The number of rotatable bonds is 2. The summed E-state index contributed by atoms with van der Waals surface area (Å²) in [7, 11) is 0. The van der Waals surface area contributed by atoms with Crippen molar-refractivity contribution in [3.05, 3.63) is 34.8 Å². The van der Waals surface area contributed by atoms with E-state index in [0.29, 0.717) is 12.2 Å². The molecule has 4 heteroatoms. The Balaban J connectivity index is 3.28. The Labute approximate surface area is 70.4 Å². The number of nitrogens with zero attached hydrogens (tertiary/aromatic N) is 2. The molecule has 2 N–H and O–H groups in total. The molecule has 0 spiro atoms. The van der Waals surface area contributed by atoms with Gasteiger partial charge in [-0.15, -0.1) is 6.58 Å². The first-order valence-corrected chi connectivity index (χ1v) is 3.60. The SMILES string of the molecule is C=CCn1c(N)nc(C)cc1=O. The van der Waals surface area contributed by atoms with Gasteiger partial charge in [-0.3, -0.25) is 9.36 Å². The van der Waals surface area contributed by atoms with Crippen molar-refractivity contribution in [2.45, 2.75) is 13.5 Å². The topological polar surface area (TPSA) is 60.9 Å². The van der Waals surface area contributed by atoms with Crippen LogP contribution in [0.3, 0.4) is 0 Å². The molecule has 0 saturated heterocycles. The van der Waals surface area contributed by atoms with E-state index in [4.69, 9.17) is 5.73 Å². The Morgan fingerprint density at radius 1 is 1.83 bits per heavy atom. The number of anilines is 1. The van der Waals surface area contributed by atoms with Gasteiger partial charge in [-0.05, 0) is 6.92 Å². The number of hydrogen-bond donors (Lipinski definition) is 1. The Morgan fingerprint density at radius 3 is 3.00 bits per heavy atom. The van der Waals surface area contributed by atoms with Crippen molar-refractivity contribution in [1.29, 1.82) is 0 Å². The van der Waals surface area contributed by atoms with E-state index < -0.39 is 0 Å². The summed E-state index contributed by atoms with van der Waals surface area (Å²) in [6, 6.07) is 1.44. The summed E-state index contributed by atoms with van der Waals surface area (Å²) in [5, 5.41) is 0. The van der Waals surface area contributed by atoms with E-state index in [-0.39, 0.29) is 11.5 Å². The van der Waals surface area contributed by atoms with Gasteiger partial charge in [0, 0.05) is 18.3 Å². The summed E-state index contributed by atoms with van der Waals surface area (Å²) in [5.41, 5.74) is 6.01. The van der Waals surface area contributed by atoms with Gasteiger partial charge in [0.25, 0.3) is 5.56 Å². The molecule has 0 aliphatic heterocycles. The Morgan fingerprint density at radius 2 is 2.50 bits per heavy atom. The predicted molar refractivity (Wildman–Crippen MR) is 47.8 cm³/mol. The van der Waals surface area contributed by atoms with Gasteiger partial charge in [-0.25, -0.2) is 4.98 Å². The summed E-state index contributed by atoms with van der Waals surface area (Å²) >= 11 is 0. The summed E-state index contributed by atoms with van der Waals surface area (Å²) in [5.74, 6) is 0.236. The molecule has 12 heavy (non-hydrogen) atoms. The second-order valence-electron chi connectivity index (χ2n) is 2.49. The minimum atomic E-state index is -0.139. The van der Waals surface area contributed by atoms with Crippen LogP contribution in [-0.2, 0) is 6.54 Å². The fourth-order valence-corrected chi connectivity index (χ4v) is 0.955. The van der Waals surface area contributed by atoms with Crippen LogP contribution < -0.4 is 11.3 Å². The lowest BCUT2D eigenvalue weighted by Crippen LogP contribution is -2.23. The molecule has 0 atom stereocenters. The molecule has 1 rings (SSSR count). The number of nitrogen functional groups attached to an aromatic ring is 1. The van der Waals surface area contributed by atoms with Crippen LogP contribution in [0, 0.1) is 6.92 Å². The lowest BCUT2D eigenvalue weighted by molar-refractivity contribution is 0.765. The van der Waals surface area contributed by atoms with Gasteiger partial charge >= 0.3 is 0 Å². The van der Waals surface area contributed by atoms with Crippen LogP contribution in [0.15, 0.2) is 23.5 Å². The number of allylic oxidation sites excluding steroid dienone is 1. The van der Waals surface area contributed by atoms with Gasteiger partial charge < -0.3 is 5.73 Å². The minimum absolute atomic E-state index is 0.139. The van der Waals surface area contributed by atoms with Gasteiger partial charge in [0.2, 0.25) is 5.95 Å². The first-order valence-electron chi connectivity index (χ1n) is 3.60. The maximum atomic E-state index is 11.2. The van der Waals surface area contributed by atoms with E-state index in [1.54, 1.807) is 13.0 Å². The molecule has 0 fully saturated rings. The van der Waals surface area contributed by atoms with Gasteiger partial charge in [-0.1, -0.05) is 6.08 Å². The quantitative estimate of drug-likeness (QED) is 0.642. The maximum Gasteiger partial charge on any atom is 0.255 e. The van der Waals surface area contributed by atoms with Crippen LogP contribution in [0.4, 0.5) is 5.95 Å². The van der Waals surface area contributed by atoms with Crippen LogP contribution in [0.1, 0.15) is 5.69 Å². The fraction of sp³-hybridized carbons (Fsp3) is 0.250.